The van der Waals surface area contributed by atoms with E-state index in [1.165, 1.54) is 13.3 Å². The lowest BCUT2D eigenvalue weighted by Crippen LogP contribution is -2.27. The lowest BCUT2D eigenvalue weighted by atomic mass is 9.89. The second-order valence-corrected chi connectivity index (χ2v) is 5.56. The van der Waals surface area contributed by atoms with Crippen LogP contribution in [0, 0.1) is 5.92 Å². The number of hydrogen-bond donors (Lipinski definition) is 1. The number of nitrogens with one attached hydrogen (secondary N) is 1. The normalized spacial score (nSPS) is 22.1. The van der Waals surface area contributed by atoms with Crippen molar-refractivity contribution in [2.75, 3.05) is 5.32 Å². The van der Waals surface area contributed by atoms with Gasteiger partial charge in [-0.1, -0.05) is 25.5 Å². The van der Waals surface area contributed by atoms with Crippen molar-refractivity contribution < 1.29 is 14.3 Å². The smallest absolute Gasteiger partial charge is 0.411 e. The maximum absolute atomic E-state index is 11.9. The van der Waals surface area contributed by atoms with Gasteiger partial charge in [0.1, 0.15) is 6.10 Å². The third kappa shape index (κ3) is 4.08. The molecule has 4 nitrogen and oxygen atoms in total. The van der Waals surface area contributed by atoms with Crippen LogP contribution in [0.25, 0.3) is 0 Å². The molecule has 108 valence electrons. The summed E-state index contributed by atoms with van der Waals surface area (Å²) in [5.41, 5.74) is 1.17. The van der Waals surface area contributed by atoms with Gasteiger partial charge in [0, 0.05) is 11.3 Å². The van der Waals surface area contributed by atoms with Gasteiger partial charge in [-0.3, -0.25) is 10.1 Å². The van der Waals surface area contributed by atoms with Crippen LogP contribution in [0.2, 0.25) is 0 Å². The Bertz CT molecular complexity index is 498. The summed E-state index contributed by atoms with van der Waals surface area (Å²) in [5, 5.41) is 2.69. The van der Waals surface area contributed by atoms with E-state index in [1.54, 1.807) is 24.3 Å². The van der Waals surface area contributed by atoms with E-state index in [0.717, 1.165) is 19.3 Å². The average molecular weight is 275 g/mol. The summed E-state index contributed by atoms with van der Waals surface area (Å²) in [6.07, 6.45) is 3.76. The minimum absolute atomic E-state index is 0.00902. The minimum Gasteiger partial charge on any atom is -0.446 e. The Kier molecular flexibility index (Phi) is 4.77. The zero-order valence-corrected chi connectivity index (χ0v) is 12.0. The third-order valence-electron chi connectivity index (χ3n) is 3.68. The summed E-state index contributed by atoms with van der Waals surface area (Å²) in [6.45, 7) is 3.69. The van der Waals surface area contributed by atoms with E-state index in [0.29, 0.717) is 17.2 Å². The summed E-state index contributed by atoms with van der Waals surface area (Å²) in [6, 6.07) is 6.88. The highest BCUT2D eigenvalue weighted by Gasteiger charge is 2.22. The molecule has 1 amide bonds. The first-order valence-corrected chi connectivity index (χ1v) is 7.13. The van der Waals surface area contributed by atoms with Crippen molar-refractivity contribution in [2.24, 2.45) is 5.92 Å². The van der Waals surface area contributed by atoms with Gasteiger partial charge in [-0.15, -0.1) is 0 Å². The topological polar surface area (TPSA) is 55.4 Å². The fourth-order valence-electron chi connectivity index (χ4n) is 2.60. The number of carbonyl (C=O) groups excluding carboxylic acids is 2. The number of amides is 1. The molecule has 0 unspecified atom stereocenters. The molecular formula is C16H21NO3. The van der Waals surface area contributed by atoms with Gasteiger partial charge in [0.25, 0.3) is 0 Å². The molecule has 0 heterocycles. The van der Waals surface area contributed by atoms with E-state index in [1.807, 2.05) is 0 Å². The molecule has 4 heteroatoms. The van der Waals surface area contributed by atoms with Gasteiger partial charge in [0.2, 0.25) is 0 Å². The molecule has 1 saturated carbocycles. The van der Waals surface area contributed by atoms with Gasteiger partial charge in [0.05, 0.1) is 0 Å². The molecule has 2 atom stereocenters. The van der Waals surface area contributed by atoms with Crippen LogP contribution in [0.4, 0.5) is 10.5 Å². The van der Waals surface area contributed by atoms with E-state index < -0.39 is 6.09 Å². The minimum atomic E-state index is -0.440. The van der Waals surface area contributed by atoms with Gasteiger partial charge in [-0.05, 0) is 44.2 Å². The quantitative estimate of drug-likeness (QED) is 0.848. The predicted molar refractivity (Wildman–Crippen MR) is 78.0 cm³/mol. The molecule has 1 aliphatic carbocycles. The van der Waals surface area contributed by atoms with E-state index in [-0.39, 0.29) is 11.9 Å². The molecule has 1 aromatic rings. The van der Waals surface area contributed by atoms with E-state index in [4.69, 9.17) is 4.74 Å². The highest BCUT2D eigenvalue weighted by Crippen LogP contribution is 2.26. The number of Topliss-reactive ketones (excluding diaryl/α,β-unsaturated/α-hetero) is 1. The zero-order chi connectivity index (χ0) is 14.5. The van der Waals surface area contributed by atoms with Crippen LogP contribution < -0.4 is 5.32 Å². The molecule has 2 rings (SSSR count). The van der Waals surface area contributed by atoms with Crippen molar-refractivity contribution in [1.29, 1.82) is 0 Å². The summed E-state index contributed by atoms with van der Waals surface area (Å²) in [5.74, 6) is 0.589. The van der Waals surface area contributed by atoms with Gasteiger partial charge < -0.3 is 4.74 Å². The highest BCUT2D eigenvalue weighted by atomic mass is 16.6. The number of ketones is 1. The maximum Gasteiger partial charge on any atom is 0.411 e. The number of benzene rings is 1. The average Bonchev–Trinajstić information content (AvgIpc) is 2.38. The third-order valence-corrected chi connectivity index (χ3v) is 3.68. The molecule has 0 aromatic heterocycles. The zero-order valence-electron chi connectivity index (χ0n) is 12.0. The summed E-state index contributed by atoms with van der Waals surface area (Å²) < 4.78 is 5.43. The molecule has 1 N–H and O–H groups in total. The Morgan fingerprint density at radius 3 is 2.80 bits per heavy atom. The molecular weight excluding hydrogens is 254 g/mol. The van der Waals surface area contributed by atoms with Crippen molar-refractivity contribution in [3.05, 3.63) is 29.8 Å². The second-order valence-electron chi connectivity index (χ2n) is 5.56. The van der Waals surface area contributed by atoms with Crippen molar-refractivity contribution in [3.8, 4) is 0 Å². The van der Waals surface area contributed by atoms with Gasteiger partial charge in [-0.2, -0.15) is 0 Å². The van der Waals surface area contributed by atoms with Crippen LogP contribution in [0.5, 0.6) is 0 Å². The van der Waals surface area contributed by atoms with E-state index in [9.17, 15) is 9.59 Å². The van der Waals surface area contributed by atoms with Crippen LogP contribution in [0.3, 0.4) is 0 Å². The number of carbonyl (C=O) groups is 2. The number of anilines is 1. The number of hydrogen-bond acceptors (Lipinski definition) is 3. The molecule has 1 aliphatic rings. The first-order valence-electron chi connectivity index (χ1n) is 7.13. The molecule has 1 fully saturated rings. The van der Waals surface area contributed by atoms with Crippen molar-refractivity contribution in [1.82, 2.24) is 0 Å². The predicted octanol–water partition coefficient (Wildman–Crippen LogP) is 4.02. The molecule has 0 radical (unpaired) electrons. The molecule has 20 heavy (non-hydrogen) atoms. The Morgan fingerprint density at radius 2 is 2.10 bits per heavy atom. The fraction of sp³-hybridized carbons (Fsp3) is 0.500. The molecule has 0 aliphatic heterocycles. The summed E-state index contributed by atoms with van der Waals surface area (Å²) in [4.78, 5) is 23.1. The number of rotatable bonds is 3. The summed E-state index contributed by atoms with van der Waals surface area (Å²) in [7, 11) is 0. The van der Waals surface area contributed by atoms with Crippen LogP contribution >= 0.6 is 0 Å². The lowest BCUT2D eigenvalue weighted by Gasteiger charge is -2.26. The van der Waals surface area contributed by atoms with Crippen LogP contribution in [-0.2, 0) is 4.74 Å². The molecule has 1 aromatic carbocycles. The van der Waals surface area contributed by atoms with Gasteiger partial charge in [-0.25, -0.2) is 4.79 Å². The van der Waals surface area contributed by atoms with Crippen LogP contribution in [0.1, 0.15) is 49.9 Å². The SMILES string of the molecule is CC(=O)c1cccc(NC(=O)O[C@@H]2CCC[C@H](C)C2)c1. The molecule has 0 spiro atoms. The Balaban J connectivity index is 1.91. The van der Waals surface area contributed by atoms with Crippen LogP contribution in [0.15, 0.2) is 24.3 Å². The Morgan fingerprint density at radius 1 is 1.30 bits per heavy atom. The van der Waals surface area contributed by atoms with Crippen LogP contribution in [-0.4, -0.2) is 18.0 Å². The van der Waals surface area contributed by atoms with E-state index >= 15 is 0 Å². The fourth-order valence-corrected chi connectivity index (χ4v) is 2.60. The van der Waals surface area contributed by atoms with Gasteiger partial charge in [0.15, 0.2) is 5.78 Å². The lowest BCUT2D eigenvalue weighted by molar-refractivity contribution is 0.0723. The second kappa shape index (κ2) is 6.55. The van der Waals surface area contributed by atoms with Crippen molar-refractivity contribution >= 4 is 17.6 Å². The van der Waals surface area contributed by atoms with Gasteiger partial charge >= 0.3 is 6.09 Å². The standard InChI is InChI=1S/C16H21NO3/c1-11-5-3-8-15(9-11)20-16(19)17-14-7-4-6-13(10-14)12(2)18/h4,6-7,10-11,15H,3,5,8-9H2,1-2H3,(H,17,19)/t11-,15+/m0/s1. The van der Waals surface area contributed by atoms with Crippen molar-refractivity contribution in [2.45, 2.75) is 45.6 Å². The van der Waals surface area contributed by atoms with E-state index in [2.05, 4.69) is 12.2 Å². The Hall–Kier alpha value is -1.84. The first-order chi connectivity index (χ1) is 9.54. The largest absolute Gasteiger partial charge is 0.446 e. The first kappa shape index (κ1) is 14.6. The summed E-state index contributed by atoms with van der Waals surface area (Å²) >= 11 is 0. The monoisotopic (exact) mass is 275 g/mol. The molecule has 0 saturated heterocycles. The van der Waals surface area contributed by atoms with Crippen molar-refractivity contribution in [3.63, 3.8) is 0 Å². The maximum atomic E-state index is 11.9. The Labute approximate surface area is 119 Å². The number of ether oxygens (including phenoxy) is 1. The highest BCUT2D eigenvalue weighted by molar-refractivity contribution is 5.96. The molecule has 0 bridgehead atoms.